The van der Waals surface area contributed by atoms with Crippen molar-refractivity contribution < 1.29 is 4.79 Å². The van der Waals surface area contributed by atoms with Crippen LogP contribution < -0.4 is 5.43 Å². The van der Waals surface area contributed by atoms with Crippen LogP contribution in [0.4, 0.5) is 0 Å². The maximum absolute atomic E-state index is 12.4. The molecule has 0 unspecified atom stereocenters. The number of hydrogen-bond acceptors (Lipinski definition) is 3. The first kappa shape index (κ1) is 17.7. The van der Waals surface area contributed by atoms with Gasteiger partial charge < -0.3 is 0 Å². The van der Waals surface area contributed by atoms with E-state index in [0.717, 1.165) is 27.9 Å². The molecule has 138 valence electrons. The summed E-state index contributed by atoms with van der Waals surface area (Å²) >= 11 is 0. The number of carbonyl (C=O) groups is 1. The lowest BCUT2D eigenvalue weighted by Crippen LogP contribution is -2.19. The summed E-state index contributed by atoms with van der Waals surface area (Å²) in [6.45, 7) is 3.89. The first-order valence-electron chi connectivity index (χ1n) is 9.06. The van der Waals surface area contributed by atoms with E-state index in [2.05, 4.69) is 38.9 Å². The predicted molar refractivity (Wildman–Crippen MR) is 112 cm³/mol. The fourth-order valence-corrected chi connectivity index (χ4v) is 2.99. The smallest absolute Gasteiger partial charge is 0.272 e. The molecule has 1 amide bonds. The van der Waals surface area contributed by atoms with Gasteiger partial charge in [-0.2, -0.15) is 10.2 Å². The van der Waals surface area contributed by atoms with Crippen molar-refractivity contribution in [3.8, 4) is 11.3 Å². The number of hydrogen-bond donors (Lipinski definition) is 2. The van der Waals surface area contributed by atoms with Crippen molar-refractivity contribution in [1.29, 1.82) is 0 Å². The lowest BCUT2D eigenvalue weighted by atomic mass is 10.1. The minimum absolute atomic E-state index is 0.328. The maximum Gasteiger partial charge on any atom is 0.289 e. The molecular formula is C23H20N4O. The van der Waals surface area contributed by atoms with Gasteiger partial charge in [0.15, 0.2) is 0 Å². The van der Waals surface area contributed by atoms with Gasteiger partial charge in [-0.3, -0.25) is 9.89 Å². The molecule has 2 N–H and O–H groups in total. The highest BCUT2D eigenvalue weighted by Crippen LogP contribution is 2.23. The zero-order chi connectivity index (χ0) is 19.5. The standard InChI is InChI=1S/C23H20N4O/c1-15-7-9-17(10-8-15)16(2)24-27-23(28)22-14-21(25-26-22)20-12-11-18-5-3-4-6-19(18)13-20/h3-14H,1-2H3,(H,25,26)(H,27,28)/b24-16+. The number of rotatable bonds is 4. The number of fused-ring (bicyclic) bond motifs is 1. The number of amides is 1. The number of aromatic amines is 1. The lowest BCUT2D eigenvalue weighted by Gasteiger charge is -2.02. The summed E-state index contributed by atoms with van der Waals surface area (Å²) in [7, 11) is 0. The Morgan fingerprint density at radius 1 is 0.964 bits per heavy atom. The van der Waals surface area contributed by atoms with Crippen LogP contribution >= 0.6 is 0 Å². The highest BCUT2D eigenvalue weighted by atomic mass is 16.2. The molecule has 0 saturated heterocycles. The van der Waals surface area contributed by atoms with E-state index in [4.69, 9.17) is 0 Å². The minimum atomic E-state index is -0.328. The fraction of sp³-hybridized carbons (Fsp3) is 0.0870. The summed E-state index contributed by atoms with van der Waals surface area (Å²) in [6, 6.07) is 24.0. The second-order valence-corrected chi connectivity index (χ2v) is 6.73. The molecule has 28 heavy (non-hydrogen) atoms. The summed E-state index contributed by atoms with van der Waals surface area (Å²) < 4.78 is 0. The number of hydrazone groups is 1. The maximum atomic E-state index is 12.4. The van der Waals surface area contributed by atoms with Crippen LogP contribution in [0.5, 0.6) is 0 Å². The predicted octanol–water partition coefficient (Wildman–Crippen LogP) is 4.69. The van der Waals surface area contributed by atoms with E-state index >= 15 is 0 Å². The molecule has 1 aromatic heterocycles. The van der Waals surface area contributed by atoms with Crippen molar-refractivity contribution >= 4 is 22.4 Å². The van der Waals surface area contributed by atoms with Gasteiger partial charge in [-0.05, 0) is 42.3 Å². The first-order valence-corrected chi connectivity index (χ1v) is 9.06. The van der Waals surface area contributed by atoms with Crippen LogP contribution in [0.3, 0.4) is 0 Å². The van der Waals surface area contributed by atoms with Crippen LogP contribution in [-0.2, 0) is 0 Å². The van der Waals surface area contributed by atoms with Crippen molar-refractivity contribution in [1.82, 2.24) is 15.6 Å². The van der Waals surface area contributed by atoms with Crippen molar-refractivity contribution in [2.75, 3.05) is 0 Å². The van der Waals surface area contributed by atoms with Crippen LogP contribution in [0.25, 0.3) is 22.0 Å². The molecule has 5 heteroatoms. The Morgan fingerprint density at radius 2 is 1.71 bits per heavy atom. The van der Waals surface area contributed by atoms with Gasteiger partial charge >= 0.3 is 0 Å². The molecule has 0 atom stereocenters. The molecule has 1 heterocycles. The molecule has 5 nitrogen and oxygen atoms in total. The van der Waals surface area contributed by atoms with Gasteiger partial charge in [-0.25, -0.2) is 5.43 Å². The summed E-state index contributed by atoms with van der Waals surface area (Å²) in [5.41, 5.74) is 7.50. The van der Waals surface area contributed by atoms with Gasteiger partial charge in [0.25, 0.3) is 5.91 Å². The van der Waals surface area contributed by atoms with Gasteiger partial charge in [-0.15, -0.1) is 0 Å². The molecule has 0 spiro atoms. The van der Waals surface area contributed by atoms with Gasteiger partial charge in [0, 0.05) is 5.56 Å². The lowest BCUT2D eigenvalue weighted by molar-refractivity contribution is 0.0950. The van der Waals surface area contributed by atoms with Gasteiger partial charge in [0.2, 0.25) is 0 Å². The number of benzene rings is 3. The number of H-pyrrole nitrogens is 1. The van der Waals surface area contributed by atoms with Crippen LogP contribution in [0.1, 0.15) is 28.5 Å². The van der Waals surface area contributed by atoms with Gasteiger partial charge in [0.05, 0.1) is 11.4 Å². The Bertz CT molecular complexity index is 1170. The van der Waals surface area contributed by atoms with E-state index in [1.165, 1.54) is 10.9 Å². The second-order valence-electron chi connectivity index (χ2n) is 6.73. The zero-order valence-electron chi connectivity index (χ0n) is 15.7. The summed E-state index contributed by atoms with van der Waals surface area (Å²) in [5.74, 6) is -0.328. The Balaban J connectivity index is 1.50. The van der Waals surface area contributed by atoms with E-state index in [1.807, 2.05) is 62.4 Å². The molecule has 4 rings (SSSR count). The average Bonchev–Trinajstić information content (AvgIpc) is 3.22. The average molecular weight is 368 g/mol. The molecule has 0 saturated carbocycles. The second kappa shape index (κ2) is 7.48. The monoisotopic (exact) mass is 368 g/mol. The summed E-state index contributed by atoms with van der Waals surface area (Å²) in [5, 5.41) is 13.6. The third kappa shape index (κ3) is 3.69. The number of carbonyl (C=O) groups excluding carboxylic acids is 1. The Morgan fingerprint density at radius 3 is 2.50 bits per heavy atom. The van der Waals surface area contributed by atoms with Gasteiger partial charge in [-0.1, -0.05) is 66.2 Å². The van der Waals surface area contributed by atoms with E-state index in [0.29, 0.717) is 5.69 Å². The number of aromatic nitrogens is 2. The van der Waals surface area contributed by atoms with Crippen LogP contribution in [-0.4, -0.2) is 21.8 Å². The summed E-state index contributed by atoms with van der Waals surface area (Å²) in [4.78, 5) is 12.4. The van der Waals surface area contributed by atoms with E-state index in [-0.39, 0.29) is 5.91 Å². The third-order valence-corrected chi connectivity index (χ3v) is 4.66. The largest absolute Gasteiger partial charge is 0.289 e. The molecule has 0 bridgehead atoms. The zero-order valence-corrected chi connectivity index (χ0v) is 15.7. The van der Waals surface area contributed by atoms with Crippen molar-refractivity contribution in [3.05, 3.63) is 89.6 Å². The van der Waals surface area contributed by atoms with Gasteiger partial charge in [0.1, 0.15) is 5.69 Å². The molecule has 0 aliphatic rings. The molecule has 4 aromatic rings. The third-order valence-electron chi connectivity index (χ3n) is 4.66. The van der Waals surface area contributed by atoms with Crippen molar-refractivity contribution in [3.63, 3.8) is 0 Å². The normalized spacial score (nSPS) is 11.6. The topological polar surface area (TPSA) is 70.1 Å². The van der Waals surface area contributed by atoms with E-state index in [9.17, 15) is 4.79 Å². The number of nitrogens with one attached hydrogen (secondary N) is 2. The molecule has 3 aromatic carbocycles. The molecule has 0 radical (unpaired) electrons. The van der Waals surface area contributed by atoms with E-state index in [1.54, 1.807) is 6.07 Å². The minimum Gasteiger partial charge on any atom is -0.272 e. The fourth-order valence-electron chi connectivity index (χ4n) is 2.99. The Kier molecular flexibility index (Phi) is 4.72. The molecular weight excluding hydrogens is 348 g/mol. The quantitative estimate of drug-likeness (QED) is 0.405. The van der Waals surface area contributed by atoms with Crippen molar-refractivity contribution in [2.24, 2.45) is 5.10 Å². The summed E-state index contributed by atoms with van der Waals surface area (Å²) in [6.07, 6.45) is 0. The molecule has 0 fully saturated rings. The number of nitrogens with zero attached hydrogens (tertiary/aromatic N) is 2. The number of aryl methyl sites for hydroxylation is 1. The molecule has 0 aliphatic heterocycles. The van der Waals surface area contributed by atoms with Crippen LogP contribution in [0.15, 0.2) is 77.9 Å². The van der Waals surface area contributed by atoms with Crippen LogP contribution in [0, 0.1) is 6.92 Å². The highest BCUT2D eigenvalue weighted by molar-refractivity contribution is 6.00. The highest BCUT2D eigenvalue weighted by Gasteiger charge is 2.11. The van der Waals surface area contributed by atoms with Crippen molar-refractivity contribution in [2.45, 2.75) is 13.8 Å². The van der Waals surface area contributed by atoms with E-state index < -0.39 is 0 Å². The SMILES string of the molecule is C/C(=N\NC(=O)c1cc(-c2ccc3ccccc3c2)n[nH]1)c1ccc(C)cc1. The Labute approximate surface area is 163 Å². The Hall–Kier alpha value is -3.73. The van der Waals surface area contributed by atoms with Crippen LogP contribution in [0.2, 0.25) is 0 Å². The molecule has 0 aliphatic carbocycles. The first-order chi connectivity index (χ1) is 13.6.